The van der Waals surface area contributed by atoms with Crippen molar-refractivity contribution >= 4 is 23.3 Å². The highest BCUT2D eigenvalue weighted by Gasteiger charge is 2.45. The summed E-state index contributed by atoms with van der Waals surface area (Å²) in [5.41, 5.74) is 3.32. The van der Waals surface area contributed by atoms with Gasteiger partial charge in [-0.3, -0.25) is 9.97 Å². The third kappa shape index (κ3) is 3.37. The molecule has 5 rings (SSSR count). The van der Waals surface area contributed by atoms with Crippen molar-refractivity contribution in [2.45, 2.75) is 51.5 Å². The number of carbonyl (C=O) groups excluding carboxylic acids is 1. The number of aromatic nitrogens is 2. The molecule has 0 aliphatic carbocycles. The summed E-state index contributed by atoms with van der Waals surface area (Å²) < 4.78 is 39.1. The number of rotatable bonds is 2. The number of anilines is 1. The Morgan fingerprint density at radius 3 is 2.69 bits per heavy atom. The quantitative estimate of drug-likeness (QED) is 0.643. The van der Waals surface area contributed by atoms with Gasteiger partial charge in [0.15, 0.2) is 0 Å². The van der Waals surface area contributed by atoms with E-state index in [0.717, 1.165) is 35.0 Å². The van der Waals surface area contributed by atoms with Crippen molar-refractivity contribution in [3.63, 3.8) is 0 Å². The Morgan fingerprint density at radius 2 is 1.94 bits per heavy atom. The van der Waals surface area contributed by atoms with Gasteiger partial charge in [-0.25, -0.2) is 4.79 Å². The highest BCUT2D eigenvalue weighted by Crippen LogP contribution is 2.42. The lowest BCUT2D eigenvalue weighted by molar-refractivity contribution is -0.141. The van der Waals surface area contributed by atoms with Gasteiger partial charge in [-0.1, -0.05) is 11.6 Å². The number of aryl methyl sites for hydroxylation is 1. The van der Waals surface area contributed by atoms with Crippen molar-refractivity contribution in [3.05, 3.63) is 51.6 Å². The van der Waals surface area contributed by atoms with Gasteiger partial charge in [-0.15, -0.1) is 0 Å². The van der Waals surface area contributed by atoms with Crippen LogP contribution in [-0.2, 0) is 12.7 Å². The molecule has 3 aliphatic heterocycles. The number of urea groups is 1. The monoisotopic (exact) mass is 465 g/mol. The molecule has 32 heavy (non-hydrogen) atoms. The summed E-state index contributed by atoms with van der Waals surface area (Å²) >= 11 is 6.38. The van der Waals surface area contributed by atoms with Crippen molar-refractivity contribution in [1.29, 1.82) is 0 Å². The third-order valence-corrected chi connectivity index (χ3v) is 7.41. The second kappa shape index (κ2) is 7.50. The van der Waals surface area contributed by atoms with E-state index in [-0.39, 0.29) is 18.1 Å². The molecule has 0 aromatic carbocycles. The van der Waals surface area contributed by atoms with Gasteiger partial charge in [0.1, 0.15) is 5.69 Å². The summed E-state index contributed by atoms with van der Waals surface area (Å²) in [6.45, 7) is 6.03. The second-order valence-electron chi connectivity index (χ2n) is 8.69. The first-order chi connectivity index (χ1) is 15.1. The molecule has 0 bridgehead atoms. The second-order valence-corrected chi connectivity index (χ2v) is 9.07. The molecule has 2 aromatic rings. The van der Waals surface area contributed by atoms with Gasteiger partial charge in [0, 0.05) is 31.5 Å². The first kappa shape index (κ1) is 21.3. The van der Waals surface area contributed by atoms with E-state index >= 15 is 0 Å². The fourth-order valence-corrected chi connectivity index (χ4v) is 5.31. The summed E-state index contributed by atoms with van der Waals surface area (Å²) in [7, 11) is 0. The lowest BCUT2D eigenvalue weighted by atomic mass is 10.0. The zero-order chi connectivity index (χ0) is 22.8. The van der Waals surface area contributed by atoms with Crippen LogP contribution in [0.3, 0.4) is 0 Å². The Kier molecular flexibility index (Phi) is 5.00. The molecule has 3 aliphatic rings. The molecule has 0 radical (unpaired) electrons. The van der Waals surface area contributed by atoms with Crippen molar-refractivity contribution in [2.24, 2.45) is 0 Å². The maximum Gasteiger partial charge on any atom is 0.433 e. The van der Waals surface area contributed by atoms with Crippen LogP contribution in [0, 0.1) is 13.8 Å². The fraction of sp³-hybridized carbons (Fsp3) is 0.500. The van der Waals surface area contributed by atoms with Crippen molar-refractivity contribution in [1.82, 2.24) is 19.8 Å². The molecular weight excluding hydrogens is 443 g/mol. The minimum atomic E-state index is -4.48. The molecule has 10 heteroatoms. The minimum absolute atomic E-state index is 0.0371. The average molecular weight is 466 g/mol. The molecule has 0 saturated carbocycles. The lowest BCUT2D eigenvalue weighted by Gasteiger charge is -2.40. The predicted molar refractivity (Wildman–Crippen MR) is 114 cm³/mol. The number of hydrogen-bond acceptors (Lipinski definition) is 4. The van der Waals surface area contributed by atoms with Crippen LogP contribution in [0.25, 0.3) is 0 Å². The van der Waals surface area contributed by atoms with Crippen LogP contribution in [0.1, 0.15) is 47.1 Å². The van der Waals surface area contributed by atoms with Gasteiger partial charge in [-0.05, 0) is 49.9 Å². The summed E-state index contributed by atoms with van der Waals surface area (Å²) in [5.74, 6) is 0. The van der Waals surface area contributed by atoms with Crippen LogP contribution >= 0.6 is 11.6 Å². The number of nitrogens with zero attached hydrogens (tertiary/aromatic N) is 5. The van der Waals surface area contributed by atoms with Crippen molar-refractivity contribution in [2.75, 3.05) is 24.5 Å². The molecule has 2 atom stereocenters. The molecular formula is C22H23ClF3N5O. The Morgan fingerprint density at radius 1 is 1.16 bits per heavy atom. The number of carbonyl (C=O) groups is 1. The molecule has 2 fully saturated rings. The summed E-state index contributed by atoms with van der Waals surface area (Å²) in [6.07, 6.45) is -1.81. The van der Waals surface area contributed by atoms with E-state index in [1.807, 2.05) is 28.5 Å². The van der Waals surface area contributed by atoms with E-state index in [1.54, 1.807) is 6.07 Å². The van der Waals surface area contributed by atoms with E-state index < -0.39 is 11.9 Å². The van der Waals surface area contributed by atoms with Crippen molar-refractivity contribution in [3.8, 4) is 0 Å². The van der Waals surface area contributed by atoms with E-state index in [1.165, 1.54) is 6.20 Å². The molecule has 2 saturated heterocycles. The maximum absolute atomic E-state index is 13.4. The number of halogens is 4. The summed E-state index contributed by atoms with van der Waals surface area (Å²) in [4.78, 5) is 27.1. The van der Waals surface area contributed by atoms with Gasteiger partial charge in [-0.2, -0.15) is 13.2 Å². The van der Waals surface area contributed by atoms with Gasteiger partial charge in [0.2, 0.25) is 0 Å². The van der Waals surface area contributed by atoms with Crippen LogP contribution in [0.4, 0.5) is 23.7 Å². The largest absolute Gasteiger partial charge is 0.433 e. The van der Waals surface area contributed by atoms with Crippen molar-refractivity contribution < 1.29 is 18.0 Å². The number of fused-ring (bicyclic) bond motifs is 3. The molecule has 0 N–H and O–H groups in total. The topological polar surface area (TPSA) is 52.6 Å². The SMILES string of the molecule is Cc1nc2c(c(C)c1Cl)CN1C(=O)N(C3CCN(c4ccnc(C(F)(F)F)c4)C3)CCC21. The fourth-order valence-electron chi connectivity index (χ4n) is 5.15. The molecule has 5 heterocycles. The Balaban J connectivity index is 1.32. The smallest absolute Gasteiger partial charge is 0.369 e. The maximum atomic E-state index is 13.4. The standard InChI is InChI=1S/C22H23ClF3N5O/c1-12-16-11-31-17(20(16)28-13(2)19(12)23)5-8-30(21(31)32)15-4-7-29(10-15)14-3-6-27-18(9-14)22(24,25)26/h3,6,9,15,17H,4-5,7-8,10-11H2,1-2H3. The third-order valence-electron chi connectivity index (χ3n) is 6.86. The summed E-state index contributed by atoms with van der Waals surface area (Å²) in [6, 6.07) is 2.53. The van der Waals surface area contributed by atoms with Crippen LogP contribution in [-0.4, -0.2) is 51.5 Å². The Hall–Kier alpha value is -2.55. The highest BCUT2D eigenvalue weighted by atomic mass is 35.5. The molecule has 2 aromatic heterocycles. The zero-order valence-electron chi connectivity index (χ0n) is 17.8. The van der Waals surface area contributed by atoms with Gasteiger partial charge in [0.05, 0.1) is 35.0 Å². The van der Waals surface area contributed by atoms with E-state index in [4.69, 9.17) is 11.6 Å². The van der Waals surface area contributed by atoms with Crippen LogP contribution in [0.5, 0.6) is 0 Å². The molecule has 2 unspecified atom stereocenters. The first-order valence-corrected chi connectivity index (χ1v) is 11.0. The van der Waals surface area contributed by atoms with E-state index in [2.05, 4.69) is 9.97 Å². The highest BCUT2D eigenvalue weighted by molar-refractivity contribution is 6.32. The number of pyridine rings is 2. The molecule has 2 amide bonds. The molecule has 6 nitrogen and oxygen atoms in total. The van der Waals surface area contributed by atoms with Gasteiger partial charge >= 0.3 is 12.2 Å². The van der Waals surface area contributed by atoms with Crippen LogP contribution in [0.15, 0.2) is 18.3 Å². The summed E-state index contributed by atoms with van der Waals surface area (Å²) in [5, 5.41) is 0.648. The first-order valence-electron chi connectivity index (χ1n) is 10.7. The lowest BCUT2D eigenvalue weighted by Crippen LogP contribution is -2.53. The van der Waals surface area contributed by atoms with E-state index in [0.29, 0.717) is 43.3 Å². The number of hydrogen-bond donors (Lipinski definition) is 0. The van der Waals surface area contributed by atoms with Gasteiger partial charge < -0.3 is 14.7 Å². The van der Waals surface area contributed by atoms with E-state index in [9.17, 15) is 18.0 Å². The Labute approximate surface area is 189 Å². The Bertz CT molecular complexity index is 1090. The number of amides is 2. The number of alkyl halides is 3. The molecule has 0 spiro atoms. The normalized spacial score (nSPS) is 23.1. The molecule has 170 valence electrons. The average Bonchev–Trinajstić information content (AvgIpc) is 3.38. The zero-order valence-corrected chi connectivity index (χ0v) is 18.5. The van der Waals surface area contributed by atoms with Gasteiger partial charge in [0.25, 0.3) is 0 Å². The van der Waals surface area contributed by atoms with Crippen LogP contribution in [0.2, 0.25) is 5.02 Å². The van der Waals surface area contributed by atoms with Crippen LogP contribution < -0.4 is 4.90 Å². The predicted octanol–water partition coefficient (Wildman–Crippen LogP) is 4.73. The minimum Gasteiger partial charge on any atom is -0.369 e.